The SMILES string of the molecule is CCC(C#Cc1cccc2ccccc12)OC(=O)c1ccccc1. The Labute approximate surface area is 142 Å². The van der Waals surface area contributed by atoms with E-state index in [0.29, 0.717) is 12.0 Å². The third-order valence-corrected chi connectivity index (χ3v) is 3.79. The summed E-state index contributed by atoms with van der Waals surface area (Å²) in [6.45, 7) is 1.96. The van der Waals surface area contributed by atoms with Crippen molar-refractivity contribution in [2.24, 2.45) is 0 Å². The minimum atomic E-state index is -0.420. The van der Waals surface area contributed by atoms with Gasteiger partial charge in [-0.15, -0.1) is 0 Å². The van der Waals surface area contributed by atoms with Gasteiger partial charge in [-0.3, -0.25) is 0 Å². The van der Waals surface area contributed by atoms with E-state index in [1.807, 2.05) is 49.4 Å². The van der Waals surface area contributed by atoms with Gasteiger partial charge < -0.3 is 4.74 Å². The van der Waals surface area contributed by atoms with Crippen molar-refractivity contribution in [2.45, 2.75) is 19.4 Å². The molecular formula is C22H18O2. The van der Waals surface area contributed by atoms with Crippen molar-refractivity contribution in [3.05, 3.63) is 83.9 Å². The molecule has 0 aromatic heterocycles. The summed E-state index contributed by atoms with van der Waals surface area (Å²) in [6.07, 6.45) is 0.229. The fourth-order valence-corrected chi connectivity index (χ4v) is 2.48. The van der Waals surface area contributed by atoms with Gasteiger partial charge in [-0.25, -0.2) is 4.79 Å². The van der Waals surface area contributed by atoms with E-state index in [2.05, 4.69) is 30.0 Å². The molecule has 0 radical (unpaired) electrons. The van der Waals surface area contributed by atoms with Crippen LogP contribution in [0.25, 0.3) is 10.8 Å². The Morgan fingerprint density at radius 2 is 1.67 bits per heavy atom. The molecule has 2 nitrogen and oxygen atoms in total. The summed E-state index contributed by atoms with van der Waals surface area (Å²) in [5.74, 6) is 5.92. The van der Waals surface area contributed by atoms with Crippen LogP contribution in [-0.4, -0.2) is 12.1 Å². The number of hydrogen-bond donors (Lipinski definition) is 0. The Hall–Kier alpha value is -3.05. The van der Waals surface area contributed by atoms with Gasteiger partial charge in [-0.1, -0.05) is 73.4 Å². The summed E-state index contributed by atoms with van der Waals surface area (Å²) in [4.78, 5) is 12.1. The second-order valence-electron chi connectivity index (χ2n) is 5.46. The Kier molecular flexibility index (Phi) is 4.93. The highest BCUT2D eigenvalue weighted by molar-refractivity contribution is 5.90. The normalized spacial score (nSPS) is 11.4. The lowest BCUT2D eigenvalue weighted by atomic mass is 10.0. The molecule has 1 unspecified atom stereocenters. The molecule has 0 saturated carbocycles. The zero-order valence-electron chi connectivity index (χ0n) is 13.5. The average molecular weight is 314 g/mol. The molecule has 0 N–H and O–H groups in total. The van der Waals surface area contributed by atoms with Crippen LogP contribution >= 0.6 is 0 Å². The first kappa shape index (κ1) is 15.8. The van der Waals surface area contributed by atoms with Gasteiger partial charge in [0.05, 0.1) is 5.56 Å². The van der Waals surface area contributed by atoms with Gasteiger partial charge in [0, 0.05) is 5.56 Å². The van der Waals surface area contributed by atoms with Crippen molar-refractivity contribution in [2.75, 3.05) is 0 Å². The van der Waals surface area contributed by atoms with E-state index in [0.717, 1.165) is 16.3 Å². The highest BCUT2D eigenvalue weighted by Crippen LogP contribution is 2.17. The monoisotopic (exact) mass is 314 g/mol. The maximum absolute atomic E-state index is 12.1. The molecule has 1 atom stereocenters. The average Bonchev–Trinajstić information content (AvgIpc) is 2.65. The van der Waals surface area contributed by atoms with Crippen molar-refractivity contribution in [3.63, 3.8) is 0 Å². The molecule has 24 heavy (non-hydrogen) atoms. The van der Waals surface area contributed by atoms with Crippen LogP contribution in [0, 0.1) is 11.8 Å². The largest absolute Gasteiger partial charge is 0.446 e. The predicted octanol–water partition coefficient (Wildman–Crippen LogP) is 4.83. The molecular weight excluding hydrogens is 296 g/mol. The summed E-state index contributed by atoms with van der Waals surface area (Å²) in [5, 5.41) is 2.26. The van der Waals surface area contributed by atoms with Crippen LogP contribution < -0.4 is 0 Å². The standard InChI is InChI=1S/C22H18O2/c1-2-20(24-22(23)19-10-4-3-5-11-19)16-15-18-13-8-12-17-9-6-7-14-21(17)18/h3-14,20H,2H2,1H3. The molecule has 0 fully saturated rings. The zero-order chi connectivity index (χ0) is 16.8. The minimum Gasteiger partial charge on any atom is -0.446 e. The van der Waals surface area contributed by atoms with Gasteiger partial charge >= 0.3 is 5.97 Å². The first-order valence-electron chi connectivity index (χ1n) is 8.03. The van der Waals surface area contributed by atoms with Crippen LogP contribution in [0.4, 0.5) is 0 Å². The van der Waals surface area contributed by atoms with Crippen molar-refractivity contribution >= 4 is 16.7 Å². The molecule has 2 heteroatoms. The van der Waals surface area contributed by atoms with Gasteiger partial charge in [0.1, 0.15) is 0 Å². The number of hydrogen-bond acceptors (Lipinski definition) is 2. The first-order chi connectivity index (χ1) is 11.8. The second kappa shape index (κ2) is 7.48. The summed E-state index contributed by atoms with van der Waals surface area (Å²) in [6, 6.07) is 23.2. The highest BCUT2D eigenvalue weighted by Gasteiger charge is 2.11. The molecule has 0 aliphatic rings. The third kappa shape index (κ3) is 3.64. The van der Waals surface area contributed by atoms with E-state index in [-0.39, 0.29) is 5.97 Å². The summed E-state index contributed by atoms with van der Waals surface area (Å²) >= 11 is 0. The summed E-state index contributed by atoms with van der Waals surface area (Å²) in [7, 11) is 0. The first-order valence-corrected chi connectivity index (χ1v) is 8.03. The number of esters is 1. The number of carbonyl (C=O) groups is 1. The fourth-order valence-electron chi connectivity index (χ4n) is 2.48. The van der Waals surface area contributed by atoms with E-state index < -0.39 is 6.10 Å². The maximum Gasteiger partial charge on any atom is 0.339 e. The van der Waals surface area contributed by atoms with Crippen molar-refractivity contribution in [1.82, 2.24) is 0 Å². The predicted molar refractivity (Wildman–Crippen MR) is 96.8 cm³/mol. The topological polar surface area (TPSA) is 26.3 Å². The van der Waals surface area contributed by atoms with E-state index in [4.69, 9.17) is 4.74 Å². The minimum absolute atomic E-state index is 0.338. The molecule has 0 heterocycles. The molecule has 3 rings (SSSR count). The van der Waals surface area contributed by atoms with Gasteiger partial charge in [-0.2, -0.15) is 0 Å². The zero-order valence-corrected chi connectivity index (χ0v) is 13.5. The number of benzene rings is 3. The van der Waals surface area contributed by atoms with Crippen LogP contribution in [0.15, 0.2) is 72.8 Å². The Morgan fingerprint density at radius 3 is 2.46 bits per heavy atom. The van der Waals surface area contributed by atoms with Crippen LogP contribution in [-0.2, 0) is 4.74 Å². The second-order valence-corrected chi connectivity index (χ2v) is 5.46. The Morgan fingerprint density at radius 1 is 0.958 bits per heavy atom. The molecule has 0 aliphatic carbocycles. The number of fused-ring (bicyclic) bond motifs is 1. The molecule has 0 bridgehead atoms. The molecule has 3 aromatic rings. The number of rotatable bonds is 3. The maximum atomic E-state index is 12.1. The fraction of sp³-hybridized carbons (Fsp3) is 0.136. The molecule has 0 spiro atoms. The molecule has 118 valence electrons. The van der Waals surface area contributed by atoms with Crippen molar-refractivity contribution in [1.29, 1.82) is 0 Å². The van der Waals surface area contributed by atoms with Gasteiger partial charge in [0.25, 0.3) is 0 Å². The molecule has 0 amide bonds. The Bertz CT molecular complexity index is 896. The quantitative estimate of drug-likeness (QED) is 0.511. The van der Waals surface area contributed by atoms with Crippen molar-refractivity contribution < 1.29 is 9.53 Å². The number of carbonyl (C=O) groups excluding carboxylic acids is 1. The Balaban J connectivity index is 1.81. The van der Waals surface area contributed by atoms with E-state index in [9.17, 15) is 4.79 Å². The van der Waals surface area contributed by atoms with Gasteiger partial charge in [-0.05, 0) is 35.4 Å². The van der Waals surface area contributed by atoms with E-state index in [1.54, 1.807) is 12.1 Å². The lowest BCUT2D eigenvalue weighted by molar-refractivity contribution is 0.0405. The van der Waals surface area contributed by atoms with Crippen LogP contribution in [0.1, 0.15) is 29.3 Å². The lowest BCUT2D eigenvalue weighted by Gasteiger charge is -2.10. The van der Waals surface area contributed by atoms with Crippen LogP contribution in [0.5, 0.6) is 0 Å². The van der Waals surface area contributed by atoms with Crippen LogP contribution in [0.2, 0.25) is 0 Å². The lowest BCUT2D eigenvalue weighted by Crippen LogP contribution is -2.15. The molecule has 0 saturated heterocycles. The van der Waals surface area contributed by atoms with Crippen LogP contribution in [0.3, 0.4) is 0 Å². The van der Waals surface area contributed by atoms with Gasteiger partial charge in [0.15, 0.2) is 6.10 Å². The molecule has 0 aliphatic heterocycles. The van der Waals surface area contributed by atoms with E-state index in [1.165, 1.54) is 0 Å². The summed E-state index contributed by atoms with van der Waals surface area (Å²) in [5.41, 5.74) is 1.49. The molecule has 3 aromatic carbocycles. The highest BCUT2D eigenvalue weighted by atomic mass is 16.5. The van der Waals surface area contributed by atoms with Gasteiger partial charge in [0.2, 0.25) is 0 Å². The third-order valence-electron chi connectivity index (χ3n) is 3.79. The number of ether oxygens (including phenoxy) is 1. The smallest absolute Gasteiger partial charge is 0.339 e. The van der Waals surface area contributed by atoms with E-state index >= 15 is 0 Å². The summed E-state index contributed by atoms with van der Waals surface area (Å²) < 4.78 is 5.51. The van der Waals surface area contributed by atoms with Crippen molar-refractivity contribution in [3.8, 4) is 11.8 Å².